The summed E-state index contributed by atoms with van der Waals surface area (Å²) >= 11 is 0. The molecule has 0 bridgehead atoms. The molecule has 2 N–H and O–H groups in total. The molecule has 0 aromatic heterocycles. The topological polar surface area (TPSA) is 67.8 Å². The maximum atomic E-state index is 11.2. The summed E-state index contributed by atoms with van der Waals surface area (Å²) in [5, 5.41) is 11.2. The number of amides is 1. The van der Waals surface area contributed by atoms with Gasteiger partial charge < -0.3 is 19.9 Å². The number of ether oxygens (including phenoxy) is 2. The van der Waals surface area contributed by atoms with Gasteiger partial charge in [-0.15, -0.1) is 0 Å². The van der Waals surface area contributed by atoms with Crippen LogP contribution in [-0.4, -0.2) is 31.5 Å². The Bertz CT molecular complexity index is 668. The van der Waals surface area contributed by atoms with Crippen molar-refractivity contribution in [2.45, 2.75) is 12.5 Å². The lowest BCUT2D eigenvalue weighted by Crippen LogP contribution is -2.21. The number of carbonyl (C=O) groups excluding carboxylic acids is 1. The van der Waals surface area contributed by atoms with Crippen molar-refractivity contribution in [1.82, 2.24) is 5.32 Å². The zero-order valence-electron chi connectivity index (χ0n) is 14.2. The maximum Gasteiger partial charge on any atom is 0.406 e. The van der Waals surface area contributed by atoms with Gasteiger partial charge in [-0.25, -0.2) is 4.79 Å². The molecule has 5 nitrogen and oxygen atoms in total. The summed E-state index contributed by atoms with van der Waals surface area (Å²) in [4.78, 5) is 11.2. The van der Waals surface area contributed by atoms with Crippen molar-refractivity contribution in [2.75, 3.05) is 20.3 Å². The van der Waals surface area contributed by atoms with Gasteiger partial charge in [0.2, 0.25) is 0 Å². The quantitative estimate of drug-likeness (QED) is 0.770. The molecule has 1 amide bonds. The summed E-state index contributed by atoms with van der Waals surface area (Å²) in [6.07, 6.45) is 3.40. The molecule has 2 aromatic carbocycles. The second-order valence-corrected chi connectivity index (χ2v) is 5.35. The highest BCUT2D eigenvalue weighted by Gasteiger charge is 2.14. The number of aliphatic hydroxyl groups excluding tert-OH is 1. The molecule has 0 saturated heterocycles. The highest BCUT2D eigenvalue weighted by atomic mass is 16.5. The average molecular weight is 341 g/mol. The second-order valence-electron chi connectivity index (χ2n) is 5.35. The van der Waals surface area contributed by atoms with Crippen LogP contribution in [0.1, 0.15) is 23.7 Å². The number of carbonyl (C=O) groups is 1. The average Bonchev–Trinajstić information content (AvgIpc) is 2.67. The number of aliphatic hydroxyl groups is 1. The van der Waals surface area contributed by atoms with Gasteiger partial charge in [0.25, 0.3) is 0 Å². The third-order valence-electron chi connectivity index (χ3n) is 3.56. The molecule has 132 valence electrons. The number of hydrogen-bond acceptors (Lipinski definition) is 4. The summed E-state index contributed by atoms with van der Waals surface area (Å²) in [6, 6.07) is 17.4. The van der Waals surface area contributed by atoms with Crippen molar-refractivity contribution in [1.29, 1.82) is 0 Å². The van der Waals surface area contributed by atoms with Crippen LogP contribution in [0.15, 0.2) is 60.7 Å². The fourth-order valence-corrected chi connectivity index (χ4v) is 2.30. The Morgan fingerprint density at radius 1 is 1.16 bits per heavy atom. The zero-order chi connectivity index (χ0) is 17.9. The van der Waals surface area contributed by atoms with Crippen LogP contribution < -0.4 is 10.1 Å². The zero-order valence-corrected chi connectivity index (χ0v) is 14.2. The summed E-state index contributed by atoms with van der Waals surface area (Å²) in [5.74, 6) is 0.731. The molecule has 1 unspecified atom stereocenters. The van der Waals surface area contributed by atoms with Crippen molar-refractivity contribution in [2.24, 2.45) is 0 Å². The fraction of sp³-hybridized carbons (Fsp3) is 0.250. The van der Waals surface area contributed by atoms with Gasteiger partial charge in [0.05, 0.1) is 13.2 Å². The van der Waals surface area contributed by atoms with Crippen LogP contribution in [0.5, 0.6) is 5.75 Å². The minimum atomic E-state index is -0.452. The third kappa shape index (κ3) is 6.31. The van der Waals surface area contributed by atoms with Crippen molar-refractivity contribution >= 4 is 12.2 Å². The molecule has 0 heterocycles. The highest BCUT2D eigenvalue weighted by Crippen LogP contribution is 2.25. The molecule has 0 fully saturated rings. The predicted molar refractivity (Wildman–Crippen MR) is 97.4 cm³/mol. The van der Waals surface area contributed by atoms with Crippen LogP contribution >= 0.6 is 0 Å². The van der Waals surface area contributed by atoms with E-state index in [-0.39, 0.29) is 19.3 Å². The van der Waals surface area contributed by atoms with E-state index < -0.39 is 6.09 Å². The molecule has 0 aliphatic carbocycles. The normalized spacial score (nSPS) is 11.9. The standard InChI is InChI=1S/C20H23NO4/c1-21-20(23)24-15-13-19(17-7-3-2-4-8-17)25-18-11-9-16(10-12-18)6-5-14-22/h2-12,19,22H,13-15H2,1H3,(H,21,23). The van der Waals surface area contributed by atoms with Gasteiger partial charge in [-0.1, -0.05) is 54.6 Å². The minimum Gasteiger partial charge on any atom is -0.486 e. The number of alkyl carbamates (subject to hydrolysis) is 1. The molecule has 0 spiro atoms. The van der Waals surface area contributed by atoms with E-state index in [4.69, 9.17) is 14.6 Å². The first-order valence-electron chi connectivity index (χ1n) is 8.16. The number of hydrogen-bond donors (Lipinski definition) is 2. The van der Waals surface area contributed by atoms with Crippen molar-refractivity contribution in [3.8, 4) is 5.75 Å². The van der Waals surface area contributed by atoms with E-state index in [1.807, 2.05) is 60.7 Å². The Kier molecular flexibility index (Phi) is 7.53. The van der Waals surface area contributed by atoms with Gasteiger partial charge >= 0.3 is 6.09 Å². The molecule has 0 radical (unpaired) electrons. The molecule has 0 saturated carbocycles. The number of benzene rings is 2. The number of rotatable bonds is 8. The van der Waals surface area contributed by atoms with E-state index in [0.717, 1.165) is 16.9 Å². The third-order valence-corrected chi connectivity index (χ3v) is 3.56. The van der Waals surface area contributed by atoms with E-state index in [2.05, 4.69) is 5.32 Å². The Hall–Kier alpha value is -2.79. The van der Waals surface area contributed by atoms with E-state index in [1.54, 1.807) is 6.08 Å². The molecular formula is C20H23NO4. The van der Waals surface area contributed by atoms with Gasteiger partial charge in [-0.05, 0) is 23.3 Å². The molecule has 0 aliphatic heterocycles. The lowest BCUT2D eigenvalue weighted by molar-refractivity contribution is 0.117. The summed E-state index contributed by atoms with van der Waals surface area (Å²) in [7, 11) is 1.53. The SMILES string of the molecule is CNC(=O)OCCC(Oc1ccc(C=CCO)cc1)c1ccccc1. The van der Waals surface area contributed by atoms with Crippen LogP contribution in [-0.2, 0) is 4.74 Å². The first-order chi connectivity index (χ1) is 12.2. The van der Waals surface area contributed by atoms with Gasteiger partial charge in [-0.3, -0.25) is 0 Å². The maximum absolute atomic E-state index is 11.2. The Morgan fingerprint density at radius 2 is 1.88 bits per heavy atom. The van der Waals surface area contributed by atoms with Crippen molar-refractivity contribution in [3.05, 3.63) is 71.8 Å². The summed E-state index contributed by atoms with van der Waals surface area (Å²) < 4.78 is 11.2. The van der Waals surface area contributed by atoms with Crippen LogP contribution in [0.4, 0.5) is 4.79 Å². The lowest BCUT2D eigenvalue weighted by atomic mass is 10.1. The Labute approximate surface area is 147 Å². The molecule has 0 aliphatic rings. The predicted octanol–water partition coefficient (Wildman–Crippen LogP) is 3.56. The van der Waals surface area contributed by atoms with Crippen molar-refractivity contribution in [3.63, 3.8) is 0 Å². The van der Waals surface area contributed by atoms with Crippen LogP contribution in [0, 0.1) is 0 Å². The van der Waals surface area contributed by atoms with E-state index >= 15 is 0 Å². The van der Waals surface area contributed by atoms with Crippen LogP contribution in [0.2, 0.25) is 0 Å². The second kappa shape index (κ2) is 10.2. The van der Waals surface area contributed by atoms with Crippen LogP contribution in [0.25, 0.3) is 6.08 Å². The van der Waals surface area contributed by atoms with Gasteiger partial charge in [0.1, 0.15) is 11.9 Å². The monoisotopic (exact) mass is 341 g/mol. The molecular weight excluding hydrogens is 318 g/mol. The van der Waals surface area contributed by atoms with Crippen molar-refractivity contribution < 1.29 is 19.4 Å². The van der Waals surface area contributed by atoms with Gasteiger partial charge in [0.15, 0.2) is 0 Å². The Morgan fingerprint density at radius 3 is 2.52 bits per heavy atom. The van der Waals surface area contributed by atoms with Gasteiger partial charge in [0, 0.05) is 13.5 Å². The van der Waals surface area contributed by atoms with E-state index in [1.165, 1.54) is 7.05 Å². The van der Waals surface area contributed by atoms with E-state index in [9.17, 15) is 4.79 Å². The molecule has 1 atom stereocenters. The molecule has 2 aromatic rings. The fourth-order valence-electron chi connectivity index (χ4n) is 2.30. The summed E-state index contributed by atoms with van der Waals surface area (Å²) in [5.41, 5.74) is 2.01. The Balaban J connectivity index is 2.04. The first kappa shape index (κ1) is 18.5. The smallest absolute Gasteiger partial charge is 0.406 e. The highest BCUT2D eigenvalue weighted by molar-refractivity contribution is 5.66. The lowest BCUT2D eigenvalue weighted by Gasteiger charge is -2.20. The molecule has 25 heavy (non-hydrogen) atoms. The first-order valence-corrected chi connectivity index (χ1v) is 8.16. The minimum absolute atomic E-state index is 0.0136. The number of nitrogens with one attached hydrogen (secondary N) is 1. The summed E-state index contributed by atoms with van der Waals surface area (Å²) in [6.45, 7) is 0.274. The van der Waals surface area contributed by atoms with Gasteiger partial charge in [-0.2, -0.15) is 0 Å². The van der Waals surface area contributed by atoms with E-state index in [0.29, 0.717) is 6.42 Å². The molecule has 5 heteroatoms. The largest absolute Gasteiger partial charge is 0.486 e. The molecule has 2 rings (SSSR count). The van der Waals surface area contributed by atoms with Crippen LogP contribution in [0.3, 0.4) is 0 Å².